The molecule has 3 heterocycles. The van der Waals surface area contributed by atoms with Crippen LogP contribution in [0, 0.1) is 11.8 Å². The van der Waals surface area contributed by atoms with E-state index >= 15 is 0 Å². The summed E-state index contributed by atoms with van der Waals surface area (Å²) in [5.74, 6) is 2.14. The lowest BCUT2D eigenvalue weighted by Crippen LogP contribution is -2.03. The Morgan fingerprint density at radius 3 is 2.65 bits per heavy atom. The molecular weight excluding hydrogens is 354 g/mol. The lowest BCUT2D eigenvalue weighted by molar-refractivity contribution is 0.353. The van der Waals surface area contributed by atoms with Crippen LogP contribution in [0.1, 0.15) is 31.7 Å². The maximum Gasteiger partial charge on any atom is 0.319 e. The van der Waals surface area contributed by atoms with E-state index in [0.717, 1.165) is 17.6 Å². The van der Waals surface area contributed by atoms with Crippen LogP contribution in [0.15, 0.2) is 18.5 Å². The monoisotopic (exact) mass is 373 g/mol. The molecule has 3 aromatic heterocycles. The predicted octanol–water partition coefficient (Wildman–Crippen LogP) is 3.62. The molecular formula is C18H20ClN5O2. The van der Waals surface area contributed by atoms with E-state index in [0.29, 0.717) is 40.0 Å². The van der Waals surface area contributed by atoms with Gasteiger partial charge in [-0.3, -0.25) is 0 Å². The van der Waals surface area contributed by atoms with Crippen LogP contribution in [0.4, 0.5) is 0 Å². The van der Waals surface area contributed by atoms with Crippen LogP contribution in [0.3, 0.4) is 0 Å². The number of methoxy groups -OCH3 is 2. The molecule has 7 nitrogen and oxygen atoms in total. The van der Waals surface area contributed by atoms with Crippen molar-refractivity contribution >= 4 is 17.2 Å². The molecule has 1 saturated carbocycles. The van der Waals surface area contributed by atoms with E-state index in [-0.39, 0.29) is 6.01 Å². The van der Waals surface area contributed by atoms with Gasteiger partial charge in [-0.2, -0.15) is 10.1 Å². The summed E-state index contributed by atoms with van der Waals surface area (Å²) in [6.07, 6.45) is 4.43. The van der Waals surface area contributed by atoms with Gasteiger partial charge in [0.2, 0.25) is 5.88 Å². The summed E-state index contributed by atoms with van der Waals surface area (Å²) >= 11 is 6.30. The molecule has 136 valence electrons. The fraction of sp³-hybridized carbons (Fsp3) is 0.444. The summed E-state index contributed by atoms with van der Waals surface area (Å²) in [5.41, 5.74) is 3.34. The third-order valence-corrected chi connectivity index (χ3v) is 5.19. The van der Waals surface area contributed by atoms with Crippen molar-refractivity contribution in [3.63, 3.8) is 0 Å². The molecule has 0 saturated heterocycles. The third kappa shape index (κ3) is 2.76. The number of halogens is 1. The van der Waals surface area contributed by atoms with Gasteiger partial charge in [-0.1, -0.05) is 25.4 Å². The minimum absolute atomic E-state index is 0.245. The average molecular weight is 374 g/mol. The zero-order valence-electron chi connectivity index (χ0n) is 15.1. The zero-order chi connectivity index (χ0) is 18.4. The summed E-state index contributed by atoms with van der Waals surface area (Å²) < 4.78 is 12.2. The Hall–Kier alpha value is -2.41. The standard InChI is InChI=1S/C18H20ClN5O2/c1-9(2)10-5-11(10)12-6-14(23-24-15(19)8-20-16(12)24)13-7-21-18(26-4)22-17(13)25-3/h6-11H,5H2,1-4H3/t10-,11+/m1/s1. The minimum Gasteiger partial charge on any atom is -0.480 e. The van der Waals surface area contributed by atoms with Gasteiger partial charge in [0.25, 0.3) is 0 Å². The van der Waals surface area contributed by atoms with Crippen molar-refractivity contribution in [3.05, 3.63) is 29.2 Å². The van der Waals surface area contributed by atoms with E-state index in [4.69, 9.17) is 21.1 Å². The fourth-order valence-corrected chi connectivity index (χ4v) is 3.63. The van der Waals surface area contributed by atoms with Crippen molar-refractivity contribution in [1.82, 2.24) is 24.6 Å². The number of ether oxygens (including phenoxy) is 2. The lowest BCUT2D eigenvalue weighted by Gasteiger charge is -2.11. The van der Waals surface area contributed by atoms with Crippen molar-refractivity contribution < 1.29 is 9.47 Å². The first-order chi connectivity index (χ1) is 12.5. The smallest absolute Gasteiger partial charge is 0.319 e. The molecule has 0 N–H and O–H groups in total. The van der Waals surface area contributed by atoms with Crippen LogP contribution in [-0.2, 0) is 0 Å². The fourth-order valence-electron chi connectivity index (χ4n) is 3.46. The second-order valence-electron chi connectivity index (χ2n) is 6.83. The molecule has 1 aliphatic carbocycles. The molecule has 2 atom stereocenters. The Kier molecular flexibility index (Phi) is 4.19. The highest BCUT2D eigenvalue weighted by molar-refractivity contribution is 6.29. The topological polar surface area (TPSA) is 74.4 Å². The van der Waals surface area contributed by atoms with Crippen LogP contribution < -0.4 is 9.47 Å². The first-order valence-corrected chi connectivity index (χ1v) is 8.90. The quantitative estimate of drug-likeness (QED) is 0.680. The number of rotatable bonds is 5. The zero-order valence-corrected chi connectivity index (χ0v) is 15.9. The maximum atomic E-state index is 6.30. The number of imidazole rings is 1. The molecule has 0 aliphatic heterocycles. The third-order valence-electron chi connectivity index (χ3n) is 4.93. The molecule has 8 heteroatoms. The maximum absolute atomic E-state index is 6.30. The second-order valence-corrected chi connectivity index (χ2v) is 7.22. The highest BCUT2D eigenvalue weighted by atomic mass is 35.5. The summed E-state index contributed by atoms with van der Waals surface area (Å²) in [6, 6.07) is 2.30. The van der Waals surface area contributed by atoms with Gasteiger partial charge >= 0.3 is 6.01 Å². The van der Waals surface area contributed by atoms with E-state index in [1.54, 1.807) is 24.0 Å². The van der Waals surface area contributed by atoms with E-state index in [9.17, 15) is 0 Å². The number of hydrogen-bond acceptors (Lipinski definition) is 6. The highest BCUT2D eigenvalue weighted by Gasteiger charge is 2.42. The van der Waals surface area contributed by atoms with E-state index in [1.165, 1.54) is 7.11 Å². The van der Waals surface area contributed by atoms with Crippen LogP contribution in [-0.4, -0.2) is 38.8 Å². The highest BCUT2D eigenvalue weighted by Crippen LogP contribution is 2.53. The number of hydrogen-bond donors (Lipinski definition) is 0. The van der Waals surface area contributed by atoms with Crippen LogP contribution in [0.25, 0.3) is 16.9 Å². The van der Waals surface area contributed by atoms with E-state index in [2.05, 4.69) is 40.0 Å². The summed E-state index contributed by atoms with van der Waals surface area (Å²) in [5, 5.41) is 5.10. The van der Waals surface area contributed by atoms with Gasteiger partial charge in [-0.05, 0) is 30.2 Å². The Bertz CT molecular complexity index is 972. The second kappa shape index (κ2) is 6.39. The van der Waals surface area contributed by atoms with Crippen LogP contribution in [0.2, 0.25) is 5.15 Å². The molecule has 1 aliphatic rings. The van der Waals surface area contributed by atoms with Crippen molar-refractivity contribution in [2.24, 2.45) is 11.8 Å². The largest absolute Gasteiger partial charge is 0.480 e. The average Bonchev–Trinajstić information content (AvgIpc) is 3.38. The Morgan fingerprint density at radius 2 is 2.00 bits per heavy atom. The van der Waals surface area contributed by atoms with Gasteiger partial charge < -0.3 is 9.47 Å². The van der Waals surface area contributed by atoms with Crippen molar-refractivity contribution in [3.8, 4) is 23.1 Å². The Labute approximate surface area is 156 Å². The molecule has 0 spiro atoms. The molecule has 0 aromatic carbocycles. The Balaban J connectivity index is 1.88. The van der Waals surface area contributed by atoms with Gasteiger partial charge in [-0.25, -0.2) is 14.5 Å². The Morgan fingerprint density at radius 1 is 1.19 bits per heavy atom. The van der Waals surface area contributed by atoms with Crippen molar-refractivity contribution in [2.75, 3.05) is 14.2 Å². The number of nitrogens with zero attached hydrogens (tertiary/aromatic N) is 5. The SMILES string of the molecule is COc1ncc(-c2cc([C@H]3C[C@@H]3C(C)C)c3ncc(Cl)n3n2)c(OC)n1. The first kappa shape index (κ1) is 17.0. The van der Waals surface area contributed by atoms with E-state index < -0.39 is 0 Å². The summed E-state index contributed by atoms with van der Waals surface area (Å²) in [7, 11) is 3.08. The molecule has 26 heavy (non-hydrogen) atoms. The first-order valence-electron chi connectivity index (χ1n) is 8.53. The molecule has 1 fully saturated rings. The van der Waals surface area contributed by atoms with Gasteiger partial charge in [0.15, 0.2) is 10.8 Å². The number of aromatic nitrogens is 5. The van der Waals surface area contributed by atoms with Gasteiger partial charge in [-0.15, -0.1) is 0 Å². The normalized spacial score (nSPS) is 19.2. The summed E-state index contributed by atoms with van der Waals surface area (Å²) in [4.78, 5) is 12.9. The molecule has 0 bridgehead atoms. The predicted molar refractivity (Wildman–Crippen MR) is 97.8 cm³/mol. The van der Waals surface area contributed by atoms with Crippen molar-refractivity contribution in [1.29, 1.82) is 0 Å². The van der Waals surface area contributed by atoms with Gasteiger partial charge in [0.1, 0.15) is 0 Å². The molecule has 0 amide bonds. The van der Waals surface area contributed by atoms with E-state index in [1.807, 2.05) is 0 Å². The van der Waals surface area contributed by atoms with Crippen molar-refractivity contribution in [2.45, 2.75) is 26.2 Å². The van der Waals surface area contributed by atoms with Crippen LogP contribution >= 0.6 is 11.6 Å². The summed E-state index contributed by atoms with van der Waals surface area (Å²) in [6.45, 7) is 4.51. The minimum atomic E-state index is 0.245. The number of fused-ring (bicyclic) bond motifs is 1. The van der Waals surface area contributed by atoms with Gasteiger partial charge in [0, 0.05) is 11.8 Å². The molecule has 0 unspecified atom stereocenters. The van der Waals surface area contributed by atoms with Crippen LogP contribution in [0.5, 0.6) is 11.9 Å². The van der Waals surface area contributed by atoms with Gasteiger partial charge in [0.05, 0.1) is 31.7 Å². The molecule has 4 rings (SSSR count). The molecule has 0 radical (unpaired) electrons. The lowest BCUT2D eigenvalue weighted by atomic mass is 10.0. The molecule has 3 aromatic rings.